The van der Waals surface area contributed by atoms with Crippen LogP contribution in [0, 0.1) is 0 Å². The van der Waals surface area contributed by atoms with E-state index in [9.17, 15) is 4.79 Å². The molecule has 5 rings (SSSR count). The van der Waals surface area contributed by atoms with E-state index in [-0.39, 0.29) is 5.76 Å². The quantitative estimate of drug-likeness (QED) is 0.323. The molecule has 0 aliphatic rings. The number of nitrogens with zero attached hydrogens (tertiary/aromatic N) is 1. The van der Waals surface area contributed by atoms with Crippen LogP contribution in [0.5, 0.6) is 5.75 Å². The van der Waals surface area contributed by atoms with Crippen molar-refractivity contribution in [2.24, 2.45) is 5.10 Å². The molecule has 146 valence electrons. The molecule has 5 nitrogen and oxygen atoms in total. The largest absolute Gasteiger partial charge is 0.496 e. The number of ether oxygens (including phenoxy) is 1. The number of fused-ring (bicyclic) bond motifs is 4. The highest BCUT2D eigenvalue weighted by Gasteiger charge is 2.13. The Morgan fingerprint density at radius 1 is 0.900 bits per heavy atom. The fourth-order valence-electron chi connectivity index (χ4n) is 3.71. The maximum atomic E-state index is 12.6. The molecule has 0 fully saturated rings. The number of carbonyl (C=O) groups is 1. The number of nitrogens with one attached hydrogen (secondary N) is 1. The van der Waals surface area contributed by atoms with Crippen LogP contribution in [0.2, 0.25) is 0 Å². The molecule has 0 bridgehead atoms. The monoisotopic (exact) mass is 394 g/mol. The third kappa shape index (κ3) is 3.06. The minimum Gasteiger partial charge on any atom is -0.496 e. The van der Waals surface area contributed by atoms with Crippen LogP contribution in [0.25, 0.3) is 32.5 Å². The predicted octanol–water partition coefficient (Wildman–Crippen LogP) is 5.51. The molecule has 4 aromatic carbocycles. The van der Waals surface area contributed by atoms with E-state index in [0.717, 1.165) is 38.2 Å². The molecule has 1 aromatic heterocycles. The van der Waals surface area contributed by atoms with Crippen molar-refractivity contribution in [3.8, 4) is 5.75 Å². The van der Waals surface area contributed by atoms with Gasteiger partial charge in [-0.1, -0.05) is 54.6 Å². The molecule has 0 radical (unpaired) electrons. The minimum absolute atomic E-state index is 0.220. The first-order valence-electron chi connectivity index (χ1n) is 9.55. The Morgan fingerprint density at radius 2 is 1.67 bits per heavy atom. The van der Waals surface area contributed by atoms with Gasteiger partial charge in [-0.25, -0.2) is 5.43 Å². The van der Waals surface area contributed by atoms with Gasteiger partial charge in [0.1, 0.15) is 11.3 Å². The van der Waals surface area contributed by atoms with Gasteiger partial charge >= 0.3 is 5.91 Å². The molecular weight excluding hydrogens is 376 g/mol. The Hall–Kier alpha value is -4.12. The number of hydrogen-bond donors (Lipinski definition) is 1. The van der Waals surface area contributed by atoms with Gasteiger partial charge < -0.3 is 9.15 Å². The van der Waals surface area contributed by atoms with Gasteiger partial charge in [0.25, 0.3) is 0 Å². The van der Waals surface area contributed by atoms with E-state index < -0.39 is 5.91 Å². The molecule has 30 heavy (non-hydrogen) atoms. The van der Waals surface area contributed by atoms with Crippen LogP contribution in [0.3, 0.4) is 0 Å². The van der Waals surface area contributed by atoms with Crippen molar-refractivity contribution >= 4 is 44.6 Å². The fraction of sp³-hybridized carbons (Fsp3) is 0.0400. The molecule has 0 spiro atoms. The minimum atomic E-state index is -0.399. The first-order chi connectivity index (χ1) is 14.7. The summed E-state index contributed by atoms with van der Waals surface area (Å²) in [5.41, 5.74) is 4.10. The van der Waals surface area contributed by atoms with E-state index in [2.05, 4.69) is 10.5 Å². The van der Waals surface area contributed by atoms with E-state index in [1.807, 2.05) is 72.8 Å². The molecule has 1 heterocycles. The molecule has 1 N–H and O–H groups in total. The number of amides is 1. The van der Waals surface area contributed by atoms with Crippen molar-refractivity contribution in [1.82, 2.24) is 5.43 Å². The number of hydrazone groups is 1. The van der Waals surface area contributed by atoms with Crippen molar-refractivity contribution in [3.05, 3.63) is 90.2 Å². The van der Waals surface area contributed by atoms with Crippen molar-refractivity contribution < 1.29 is 13.9 Å². The Balaban J connectivity index is 1.42. The standard InChI is InChI=1S/C25H18N2O3/c1-29-22-12-11-17(19-8-4-5-9-20(19)22)15-26-27-25(28)24-14-21-18-7-3-2-6-16(18)10-13-23(21)30-24/h2-15H,1H3,(H,27,28). The molecule has 0 aliphatic carbocycles. The van der Waals surface area contributed by atoms with Gasteiger partial charge in [0.15, 0.2) is 5.76 Å². The highest BCUT2D eigenvalue weighted by molar-refractivity contribution is 6.09. The highest BCUT2D eigenvalue weighted by Crippen LogP contribution is 2.29. The van der Waals surface area contributed by atoms with Crippen molar-refractivity contribution in [1.29, 1.82) is 0 Å². The summed E-state index contributed by atoms with van der Waals surface area (Å²) >= 11 is 0. The summed E-state index contributed by atoms with van der Waals surface area (Å²) in [6.07, 6.45) is 1.62. The smallest absolute Gasteiger partial charge is 0.307 e. The first kappa shape index (κ1) is 17.9. The molecular formula is C25H18N2O3. The topological polar surface area (TPSA) is 63.8 Å². The lowest BCUT2D eigenvalue weighted by Gasteiger charge is -2.07. The Kier molecular flexibility index (Phi) is 4.41. The molecule has 5 heteroatoms. The van der Waals surface area contributed by atoms with Gasteiger partial charge in [-0.15, -0.1) is 0 Å². The van der Waals surface area contributed by atoms with Crippen molar-refractivity contribution in [2.45, 2.75) is 0 Å². The summed E-state index contributed by atoms with van der Waals surface area (Å²) in [5, 5.41) is 9.16. The summed E-state index contributed by atoms with van der Waals surface area (Å²) in [5.74, 6) is 0.615. The van der Waals surface area contributed by atoms with E-state index in [0.29, 0.717) is 5.58 Å². The van der Waals surface area contributed by atoms with E-state index in [1.165, 1.54) is 0 Å². The summed E-state index contributed by atoms with van der Waals surface area (Å²) in [6, 6.07) is 25.3. The van der Waals surface area contributed by atoms with Crippen LogP contribution in [0.1, 0.15) is 16.1 Å². The lowest BCUT2D eigenvalue weighted by atomic mass is 10.0. The Morgan fingerprint density at radius 3 is 2.50 bits per heavy atom. The zero-order chi connectivity index (χ0) is 20.5. The third-order valence-electron chi connectivity index (χ3n) is 5.16. The molecule has 0 saturated heterocycles. The van der Waals surface area contributed by atoms with Gasteiger partial charge in [0.2, 0.25) is 0 Å². The number of rotatable bonds is 4. The van der Waals surface area contributed by atoms with Crippen LogP contribution in [-0.2, 0) is 0 Å². The highest BCUT2D eigenvalue weighted by atomic mass is 16.5. The fourth-order valence-corrected chi connectivity index (χ4v) is 3.71. The summed E-state index contributed by atoms with van der Waals surface area (Å²) < 4.78 is 11.2. The third-order valence-corrected chi connectivity index (χ3v) is 5.16. The maximum absolute atomic E-state index is 12.6. The second-order valence-corrected chi connectivity index (χ2v) is 6.91. The molecule has 5 aromatic rings. The zero-order valence-electron chi connectivity index (χ0n) is 16.3. The van der Waals surface area contributed by atoms with Crippen LogP contribution in [0.15, 0.2) is 88.4 Å². The molecule has 0 atom stereocenters. The van der Waals surface area contributed by atoms with Gasteiger partial charge in [-0.3, -0.25) is 4.79 Å². The zero-order valence-corrected chi connectivity index (χ0v) is 16.3. The maximum Gasteiger partial charge on any atom is 0.307 e. The summed E-state index contributed by atoms with van der Waals surface area (Å²) in [7, 11) is 1.65. The van der Waals surface area contributed by atoms with Crippen LogP contribution in [0.4, 0.5) is 0 Å². The number of methoxy groups -OCH3 is 1. The first-order valence-corrected chi connectivity index (χ1v) is 9.55. The van der Waals surface area contributed by atoms with Gasteiger partial charge in [-0.05, 0) is 40.4 Å². The van der Waals surface area contributed by atoms with Crippen LogP contribution >= 0.6 is 0 Å². The molecule has 0 unspecified atom stereocenters. The number of furan rings is 1. The summed E-state index contributed by atoms with van der Waals surface area (Å²) in [4.78, 5) is 12.6. The normalized spacial score (nSPS) is 11.5. The lowest BCUT2D eigenvalue weighted by Crippen LogP contribution is -2.16. The SMILES string of the molecule is COc1ccc(C=NNC(=O)c2cc3c(ccc4ccccc43)o2)c2ccccc12. The van der Waals surface area contributed by atoms with E-state index in [4.69, 9.17) is 9.15 Å². The molecule has 1 amide bonds. The van der Waals surface area contributed by atoms with E-state index >= 15 is 0 Å². The average molecular weight is 394 g/mol. The molecule has 0 saturated carbocycles. The second kappa shape index (κ2) is 7.37. The number of carbonyl (C=O) groups excluding carboxylic acids is 1. The molecule has 0 aliphatic heterocycles. The number of benzene rings is 4. The summed E-state index contributed by atoms with van der Waals surface area (Å²) in [6.45, 7) is 0. The van der Waals surface area contributed by atoms with Gasteiger partial charge in [-0.2, -0.15) is 5.10 Å². The van der Waals surface area contributed by atoms with E-state index in [1.54, 1.807) is 19.4 Å². The average Bonchev–Trinajstić information content (AvgIpc) is 3.24. The number of hydrogen-bond acceptors (Lipinski definition) is 4. The van der Waals surface area contributed by atoms with Crippen LogP contribution in [-0.4, -0.2) is 19.2 Å². The second-order valence-electron chi connectivity index (χ2n) is 6.91. The lowest BCUT2D eigenvalue weighted by molar-refractivity contribution is 0.0929. The Bertz CT molecular complexity index is 1430. The van der Waals surface area contributed by atoms with Crippen LogP contribution < -0.4 is 10.2 Å². The van der Waals surface area contributed by atoms with Crippen molar-refractivity contribution in [3.63, 3.8) is 0 Å². The van der Waals surface area contributed by atoms with Gasteiger partial charge in [0.05, 0.1) is 13.3 Å². The Labute approximate surface area is 172 Å². The predicted molar refractivity (Wildman–Crippen MR) is 119 cm³/mol. The van der Waals surface area contributed by atoms with Crippen molar-refractivity contribution in [2.75, 3.05) is 7.11 Å². The van der Waals surface area contributed by atoms with Gasteiger partial charge in [0, 0.05) is 16.3 Å².